The lowest BCUT2D eigenvalue weighted by Crippen LogP contribution is -2.30. The van der Waals surface area contributed by atoms with Crippen LogP contribution >= 0.6 is 0 Å². The molecule has 5 unspecified atom stereocenters. The van der Waals surface area contributed by atoms with Gasteiger partial charge in [0.05, 0.1) is 13.2 Å². The Morgan fingerprint density at radius 3 is 2.70 bits per heavy atom. The van der Waals surface area contributed by atoms with E-state index in [9.17, 15) is 4.79 Å². The largest absolute Gasteiger partial charge is 0.497 e. The molecular formula is C24H39NO2. The highest BCUT2D eigenvalue weighted by Gasteiger charge is 2.25. The molecule has 1 N–H and O–H groups in total. The third-order valence-corrected chi connectivity index (χ3v) is 6.60. The summed E-state index contributed by atoms with van der Waals surface area (Å²) in [4.78, 5) is 12.7. The van der Waals surface area contributed by atoms with Crippen LogP contribution in [-0.4, -0.2) is 13.0 Å². The molecule has 152 valence electrons. The lowest BCUT2D eigenvalue weighted by molar-refractivity contribution is -0.123. The molecule has 1 amide bonds. The van der Waals surface area contributed by atoms with Crippen LogP contribution in [0.15, 0.2) is 24.3 Å². The zero-order chi connectivity index (χ0) is 19.8. The first kappa shape index (κ1) is 21.8. The van der Waals surface area contributed by atoms with Gasteiger partial charge >= 0.3 is 0 Å². The molecular weight excluding hydrogens is 334 g/mol. The fourth-order valence-corrected chi connectivity index (χ4v) is 4.53. The molecule has 5 atom stereocenters. The number of benzene rings is 1. The number of methoxy groups -OCH3 is 1. The van der Waals surface area contributed by atoms with E-state index in [4.69, 9.17) is 4.74 Å². The normalized spacial score (nSPS) is 27.7. The number of hydrogen-bond donors (Lipinski definition) is 1. The maximum absolute atomic E-state index is 12.7. The van der Waals surface area contributed by atoms with Crippen molar-refractivity contribution in [3.8, 4) is 5.75 Å². The highest BCUT2D eigenvalue weighted by atomic mass is 16.5. The quantitative estimate of drug-likeness (QED) is 0.650. The van der Waals surface area contributed by atoms with Gasteiger partial charge in [-0.05, 0) is 61.1 Å². The molecule has 2 rings (SSSR count). The van der Waals surface area contributed by atoms with Crippen molar-refractivity contribution >= 4 is 5.91 Å². The third-order valence-electron chi connectivity index (χ3n) is 6.60. The van der Waals surface area contributed by atoms with Crippen molar-refractivity contribution in [3.05, 3.63) is 29.8 Å². The van der Waals surface area contributed by atoms with Crippen LogP contribution in [0.25, 0.3) is 0 Å². The van der Waals surface area contributed by atoms with Gasteiger partial charge in [-0.3, -0.25) is 4.79 Å². The molecule has 1 aliphatic rings. The standard InChI is InChI=1S/C24H39NO2/c1-6-20-12-11-18(3)21(13-10-17(2)14-20)16-24(26)25-19(4)22-8-7-9-23(15-22)27-5/h7-9,15,17-21H,6,10-14,16H2,1-5H3,(H,25,26). The molecule has 0 heterocycles. The predicted molar refractivity (Wildman–Crippen MR) is 113 cm³/mol. The molecule has 0 spiro atoms. The fourth-order valence-electron chi connectivity index (χ4n) is 4.53. The van der Waals surface area contributed by atoms with Crippen LogP contribution in [0.5, 0.6) is 5.75 Å². The van der Waals surface area contributed by atoms with Gasteiger partial charge in [0.15, 0.2) is 0 Å². The van der Waals surface area contributed by atoms with Crippen LogP contribution in [0, 0.1) is 23.7 Å². The summed E-state index contributed by atoms with van der Waals surface area (Å²) < 4.78 is 5.30. The maximum atomic E-state index is 12.7. The average Bonchev–Trinajstić information content (AvgIpc) is 2.73. The van der Waals surface area contributed by atoms with Gasteiger partial charge in [-0.15, -0.1) is 0 Å². The number of amides is 1. The van der Waals surface area contributed by atoms with E-state index >= 15 is 0 Å². The summed E-state index contributed by atoms with van der Waals surface area (Å²) in [6.45, 7) is 9.12. The Bertz CT molecular complexity index is 585. The summed E-state index contributed by atoms with van der Waals surface area (Å²) in [7, 11) is 1.67. The van der Waals surface area contributed by atoms with Crippen molar-refractivity contribution in [2.45, 2.75) is 78.7 Å². The van der Waals surface area contributed by atoms with E-state index in [0.29, 0.717) is 18.3 Å². The Balaban J connectivity index is 1.94. The van der Waals surface area contributed by atoms with Crippen molar-refractivity contribution in [1.82, 2.24) is 5.32 Å². The zero-order valence-corrected chi connectivity index (χ0v) is 18.0. The van der Waals surface area contributed by atoms with Crippen LogP contribution in [0.3, 0.4) is 0 Å². The molecule has 3 heteroatoms. The first-order chi connectivity index (χ1) is 12.9. The average molecular weight is 374 g/mol. The molecule has 0 aliphatic heterocycles. The van der Waals surface area contributed by atoms with E-state index in [0.717, 1.165) is 23.1 Å². The SMILES string of the molecule is CCC1CCC(C)C(CC(=O)NC(C)c2cccc(OC)c2)CCC(C)C1. The number of rotatable bonds is 6. The molecule has 0 saturated heterocycles. The van der Waals surface area contributed by atoms with Gasteiger partial charge in [-0.2, -0.15) is 0 Å². The molecule has 27 heavy (non-hydrogen) atoms. The minimum atomic E-state index is 0.00244. The van der Waals surface area contributed by atoms with E-state index in [1.54, 1.807) is 7.11 Å². The van der Waals surface area contributed by atoms with E-state index in [1.165, 1.54) is 38.5 Å². The van der Waals surface area contributed by atoms with Crippen molar-refractivity contribution in [2.75, 3.05) is 7.11 Å². The van der Waals surface area contributed by atoms with E-state index in [-0.39, 0.29) is 11.9 Å². The number of nitrogens with one attached hydrogen (secondary N) is 1. The molecule has 1 saturated carbocycles. The molecule has 0 bridgehead atoms. The molecule has 1 aliphatic carbocycles. The van der Waals surface area contributed by atoms with Crippen LogP contribution < -0.4 is 10.1 Å². The first-order valence-corrected chi connectivity index (χ1v) is 10.9. The maximum Gasteiger partial charge on any atom is 0.220 e. The minimum Gasteiger partial charge on any atom is -0.497 e. The van der Waals surface area contributed by atoms with Gasteiger partial charge in [0.1, 0.15) is 5.75 Å². The molecule has 1 aromatic carbocycles. The summed E-state index contributed by atoms with van der Waals surface area (Å²) in [5.41, 5.74) is 1.09. The van der Waals surface area contributed by atoms with Crippen molar-refractivity contribution in [1.29, 1.82) is 0 Å². The second-order valence-electron chi connectivity index (χ2n) is 8.78. The Morgan fingerprint density at radius 1 is 1.22 bits per heavy atom. The summed E-state index contributed by atoms with van der Waals surface area (Å²) in [6, 6.07) is 7.95. The van der Waals surface area contributed by atoms with Crippen LogP contribution in [0.1, 0.15) is 84.2 Å². The topological polar surface area (TPSA) is 38.3 Å². The highest BCUT2D eigenvalue weighted by Crippen LogP contribution is 2.34. The first-order valence-electron chi connectivity index (χ1n) is 10.9. The Kier molecular flexibility index (Phi) is 8.66. The van der Waals surface area contributed by atoms with Gasteiger partial charge in [0, 0.05) is 6.42 Å². The molecule has 1 aromatic rings. The number of carbonyl (C=O) groups is 1. The summed E-state index contributed by atoms with van der Waals surface area (Å²) >= 11 is 0. The van der Waals surface area contributed by atoms with E-state index < -0.39 is 0 Å². The van der Waals surface area contributed by atoms with Crippen LogP contribution in [-0.2, 0) is 4.79 Å². The third kappa shape index (κ3) is 6.86. The Hall–Kier alpha value is -1.51. The number of hydrogen-bond acceptors (Lipinski definition) is 2. The van der Waals surface area contributed by atoms with Gasteiger partial charge < -0.3 is 10.1 Å². The molecule has 1 fully saturated rings. The van der Waals surface area contributed by atoms with E-state index in [1.807, 2.05) is 31.2 Å². The van der Waals surface area contributed by atoms with Crippen LogP contribution in [0.4, 0.5) is 0 Å². The fraction of sp³-hybridized carbons (Fsp3) is 0.708. The number of ether oxygens (including phenoxy) is 1. The Morgan fingerprint density at radius 2 is 2.00 bits per heavy atom. The number of carbonyl (C=O) groups excluding carboxylic acids is 1. The van der Waals surface area contributed by atoms with Gasteiger partial charge in [-0.25, -0.2) is 0 Å². The van der Waals surface area contributed by atoms with Crippen molar-refractivity contribution in [3.63, 3.8) is 0 Å². The van der Waals surface area contributed by atoms with Crippen molar-refractivity contribution < 1.29 is 9.53 Å². The van der Waals surface area contributed by atoms with Gasteiger partial charge in [0.25, 0.3) is 0 Å². The van der Waals surface area contributed by atoms with Crippen LogP contribution in [0.2, 0.25) is 0 Å². The summed E-state index contributed by atoms with van der Waals surface area (Å²) in [5, 5.41) is 3.20. The van der Waals surface area contributed by atoms with Crippen molar-refractivity contribution in [2.24, 2.45) is 23.7 Å². The Labute approximate surface area is 166 Å². The monoisotopic (exact) mass is 373 g/mol. The second-order valence-corrected chi connectivity index (χ2v) is 8.78. The molecule has 0 aromatic heterocycles. The van der Waals surface area contributed by atoms with Gasteiger partial charge in [-0.1, -0.05) is 58.6 Å². The summed E-state index contributed by atoms with van der Waals surface area (Å²) in [6.07, 6.45) is 8.31. The van der Waals surface area contributed by atoms with Gasteiger partial charge in [0.2, 0.25) is 5.91 Å². The van der Waals surface area contributed by atoms with E-state index in [2.05, 4.69) is 26.1 Å². The highest BCUT2D eigenvalue weighted by molar-refractivity contribution is 5.76. The molecule has 0 radical (unpaired) electrons. The lowest BCUT2D eigenvalue weighted by Gasteiger charge is -2.25. The predicted octanol–water partition coefficient (Wildman–Crippen LogP) is 6.14. The second kappa shape index (κ2) is 10.7. The molecule has 3 nitrogen and oxygen atoms in total. The minimum absolute atomic E-state index is 0.00244. The zero-order valence-electron chi connectivity index (χ0n) is 18.0. The smallest absolute Gasteiger partial charge is 0.220 e. The lowest BCUT2D eigenvalue weighted by atomic mass is 9.83. The summed E-state index contributed by atoms with van der Waals surface area (Å²) in [5.74, 6) is 3.78.